The molecule has 0 spiro atoms. The van der Waals surface area contributed by atoms with Gasteiger partial charge in [-0.3, -0.25) is 4.79 Å². The van der Waals surface area contributed by atoms with Crippen LogP contribution in [0.4, 0.5) is 5.82 Å². The molecular formula is C23H32N4O2S. The Morgan fingerprint density at radius 2 is 1.70 bits per heavy atom. The third kappa shape index (κ3) is 5.43. The maximum absolute atomic E-state index is 12.6. The van der Waals surface area contributed by atoms with Gasteiger partial charge in [-0.2, -0.15) is 0 Å². The van der Waals surface area contributed by atoms with Gasteiger partial charge in [0.1, 0.15) is 5.03 Å². The van der Waals surface area contributed by atoms with Crippen LogP contribution in [0.2, 0.25) is 0 Å². The van der Waals surface area contributed by atoms with Gasteiger partial charge in [-0.05, 0) is 38.8 Å². The second-order valence-electron chi connectivity index (χ2n) is 8.55. The van der Waals surface area contributed by atoms with Gasteiger partial charge in [-0.1, -0.05) is 49.6 Å². The number of para-hydroxylation sites is 2. The maximum atomic E-state index is 12.6. The number of benzene rings is 1. The Hall–Kier alpha value is -1.86. The molecule has 4 rings (SSSR count). The third-order valence-electron chi connectivity index (χ3n) is 5.80. The molecule has 2 fully saturated rings. The van der Waals surface area contributed by atoms with Crippen LogP contribution >= 0.6 is 11.8 Å². The number of nitrogens with zero attached hydrogens (tertiary/aromatic N) is 3. The van der Waals surface area contributed by atoms with Crippen LogP contribution < -0.4 is 10.2 Å². The zero-order valence-corrected chi connectivity index (χ0v) is 18.8. The second kappa shape index (κ2) is 9.96. The first kappa shape index (κ1) is 21.4. The summed E-state index contributed by atoms with van der Waals surface area (Å²) < 4.78 is 5.90. The zero-order valence-electron chi connectivity index (χ0n) is 18.0. The lowest BCUT2D eigenvalue weighted by Gasteiger charge is -2.36. The molecule has 1 aromatic heterocycles. The minimum atomic E-state index is 0.0940. The standard InChI is InChI=1S/C23H32N4O2S/c1-16-13-27(14-17(2)29-16)22-23(26-20-12-8-7-11-19(20)25-22)30-15-21(28)24-18-9-5-3-4-6-10-18/h7-8,11-12,16-18H,3-6,9-10,13-15H2,1-2H3,(H,24,28)/t16-,17-/m0/s1. The molecule has 162 valence electrons. The summed E-state index contributed by atoms with van der Waals surface area (Å²) in [6.07, 6.45) is 7.47. The molecular weight excluding hydrogens is 396 g/mol. The quantitative estimate of drug-likeness (QED) is 0.569. The number of anilines is 1. The highest BCUT2D eigenvalue weighted by atomic mass is 32.2. The van der Waals surface area contributed by atoms with Crippen molar-refractivity contribution in [2.75, 3.05) is 23.7 Å². The summed E-state index contributed by atoms with van der Waals surface area (Å²) in [5, 5.41) is 4.06. The summed E-state index contributed by atoms with van der Waals surface area (Å²) >= 11 is 1.49. The van der Waals surface area contributed by atoms with E-state index in [0.29, 0.717) is 11.8 Å². The Balaban J connectivity index is 1.50. The summed E-state index contributed by atoms with van der Waals surface area (Å²) in [5.74, 6) is 1.32. The number of nitrogens with one attached hydrogen (secondary N) is 1. The molecule has 1 saturated heterocycles. The van der Waals surface area contributed by atoms with E-state index in [0.717, 1.165) is 47.8 Å². The van der Waals surface area contributed by atoms with Crippen LogP contribution in [-0.4, -0.2) is 53.0 Å². The van der Waals surface area contributed by atoms with Crippen molar-refractivity contribution in [1.82, 2.24) is 15.3 Å². The maximum Gasteiger partial charge on any atom is 0.230 e. The summed E-state index contributed by atoms with van der Waals surface area (Å²) in [5.41, 5.74) is 1.74. The molecule has 2 aliphatic rings. The fraction of sp³-hybridized carbons (Fsp3) is 0.609. The number of aromatic nitrogens is 2. The van der Waals surface area contributed by atoms with Crippen molar-refractivity contribution >= 4 is 34.5 Å². The monoisotopic (exact) mass is 428 g/mol. The van der Waals surface area contributed by atoms with E-state index in [1.807, 2.05) is 24.3 Å². The molecule has 2 aromatic rings. The highest BCUT2D eigenvalue weighted by Gasteiger charge is 2.26. The van der Waals surface area contributed by atoms with Gasteiger partial charge in [-0.25, -0.2) is 9.97 Å². The van der Waals surface area contributed by atoms with E-state index < -0.39 is 0 Å². The van der Waals surface area contributed by atoms with Gasteiger partial charge in [0, 0.05) is 19.1 Å². The molecule has 0 unspecified atom stereocenters. The largest absolute Gasteiger partial charge is 0.372 e. The zero-order chi connectivity index (χ0) is 20.9. The smallest absolute Gasteiger partial charge is 0.230 e. The summed E-state index contributed by atoms with van der Waals surface area (Å²) in [4.78, 5) is 24.7. The van der Waals surface area contributed by atoms with Gasteiger partial charge in [0.15, 0.2) is 5.82 Å². The molecule has 1 aliphatic heterocycles. The topological polar surface area (TPSA) is 67.4 Å². The first-order valence-corrected chi connectivity index (χ1v) is 12.2. The Bertz CT molecular complexity index is 859. The average Bonchev–Trinajstić information content (AvgIpc) is 2.99. The van der Waals surface area contributed by atoms with Crippen molar-refractivity contribution in [1.29, 1.82) is 0 Å². The fourth-order valence-electron chi connectivity index (χ4n) is 4.46. The van der Waals surface area contributed by atoms with E-state index in [2.05, 4.69) is 24.1 Å². The van der Waals surface area contributed by atoms with Crippen molar-refractivity contribution in [3.8, 4) is 0 Å². The molecule has 2 atom stereocenters. The van der Waals surface area contributed by atoms with Gasteiger partial charge < -0.3 is 15.0 Å². The number of amides is 1. The van der Waals surface area contributed by atoms with Crippen LogP contribution in [0.5, 0.6) is 0 Å². The highest BCUT2D eigenvalue weighted by molar-refractivity contribution is 8.00. The Kier molecular flexibility index (Phi) is 7.10. The lowest BCUT2D eigenvalue weighted by molar-refractivity contribution is -0.119. The average molecular weight is 429 g/mol. The summed E-state index contributed by atoms with van der Waals surface area (Å²) in [6.45, 7) is 5.73. The summed E-state index contributed by atoms with van der Waals surface area (Å²) in [6, 6.07) is 8.25. The number of carbonyl (C=O) groups excluding carboxylic acids is 1. The number of ether oxygens (including phenoxy) is 1. The minimum absolute atomic E-state index is 0.0940. The van der Waals surface area contributed by atoms with Crippen molar-refractivity contribution < 1.29 is 9.53 Å². The predicted octanol–water partition coefficient (Wildman–Crippen LogP) is 4.17. The van der Waals surface area contributed by atoms with Crippen molar-refractivity contribution in [2.45, 2.75) is 75.6 Å². The van der Waals surface area contributed by atoms with Crippen LogP contribution in [0.3, 0.4) is 0 Å². The SMILES string of the molecule is C[C@H]1CN(c2nc3ccccc3nc2SCC(=O)NC2CCCCCC2)C[C@H](C)O1. The molecule has 0 radical (unpaired) electrons. The van der Waals surface area contributed by atoms with Crippen LogP contribution in [0, 0.1) is 0 Å². The van der Waals surface area contributed by atoms with E-state index >= 15 is 0 Å². The predicted molar refractivity (Wildman–Crippen MR) is 122 cm³/mol. The first-order valence-electron chi connectivity index (χ1n) is 11.2. The molecule has 1 aromatic carbocycles. The van der Waals surface area contributed by atoms with Crippen LogP contribution in [0.15, 0.2) is 29.3 Å². The molecule has 1 amide bonds. The number of fused-ring (bicyclic) bond motifs is 1. The van der Waals surface area contributed by atoms with E-state index in [-0.39, 0.29) is 18.1 Å². The van der Waals surface area contributed by atoms with Gasteiger partial charge in [0.25, 0.3) is 0 Å². The van der Waals surface area contributed by atoms with Crippen LogP contribution in [0.25, 0.3) is 11.0 Å². The van der Waals surface area contributed by atoms with Crippen LogP contribution in [-0.2, 0) is 9.53 Å². The molecule has 2 heterocycles. The number of rotatable bonds is 5. The van der Waals surface area contributed by atoms with Gasteiger partial charge in [-0.15, -0.1) is 0 Å². The molecule has 1 aliphatic carbocycles. The van der Waals surface area contributed by atoms with E-state index in [9.17, 15) is 4.79 Å². The van der Waals surface area contributed by atoms with E-state index in [1.54, 1.807) is 0 Å². The van der Waals surface area contributed by atoms with Gasteiger partial charge in [0.2, 0.25) is 5.91 Å². The Morgan fingerprint density at radius 3 is 2.37 bits per heavy atom. The molecule has 1 N–H and O–H groups in total. The molecule has 1 saturated carbocycles. The van der Waals surface area contributed by atoms with E-state index in [4.69, 9.17) is 14.7 Å². The molecule has 6 nitrogen and oxygen atoms in total. The Labute approximate surface area is 183 Å². The molecule has 0 bridgehead atoms. The number of morpholine rings is 1. The number of carbonyl (C=O) groups is 1. The number of hydrogen-bond donors (Lipinski definition) is 1. The van der Waals surface area contributed by atoms with Gasteiger partial charge in [0.05, 0.1) is 29.0 Å². The lowest BCUT2D eigenvalue weighted by Crippen LogP contribution is -2.46. The first-order chi connectivity index (χ1) is 14.6. The fourth-order valence-corrected chi connectivity index (χ4v) is 5.27. The van der Waals surface area contributed by atoms with Crippen molar-refractivity contribution in [2.24, 2.45) is 0 Å². The normalized spacial score (nSPS) is 23.3. The highest BCUT2D eigenvalue weighted by Crippen LogP contribution is 2.31. The minimum Gasteiger partial charge on any atom is -0.372 e. The molecule has 30 heavy (non-hydrogen) atoms. The van der Waals surface area contributed by atoms with Crippen LogP contribution in [0.1, 0.15) is 52.4 Å². The number of thioether (sulfide) groups is 1. The van der Waals surface area contributed by atoms with Gasteiger partial charge >= 0.3 is 0 Å². The number of hydrogen-bond acceptors (Lipinski definition) is 6. The summed E-state index contributed by atoms with van der Waals surface area (Å²) in [7, 11) is 0. The second-order valence-corrected chi connectivity index (χ2v) is 9.51. The van der Waals surface area contributed by atoms with Crippen molar-refractivity contribution in [3.05, 3.63) is 24.3 Å². The lowest BCUT2D eigenvalue weighted by atomic mass is 10.1. The Morgan fingerprint density at radius 1 is 1.07 bits per heavy atom. The third-order valence-corrected chi connectivity index (χ3v) is 6.75. The molecule has 7 heteroatoms. The van der Waals surface area contributed by atoms with Crippen molar-refractivity contribution in [3.63, 3.8) is 0 Å². The van der Waals surface area contributed by atoms with E-state index in [1.165, 1.54) is 37.4 Å².